The Balaban J connectivity index is 2.13. The van der Waals surface area contributed by atoms with Crippen LogP contribution >= 0.6 is 15.9 Å². The predicted molar refractivity (Wildman–Crippen MR) is 91.4 cm³/mol. The Labute approximate surface area is 130 Å². The molecule has 1 atom stereocenters. The lowest BCUT2D eigenvalue weighted by Gasteiger charge is -2.18. The monoisotopic (exact) mass is 331 g/mol. The summed E-state index contributed by atoms with van der Waals surface area (Å²) < 4.78 is 1.11. The van der Waals surface area contributed by atoms with E-state index in [1.165, 1.54) is 16.7 Å². The van der Waals surface area contributed by atoms with Crippen LogP contribution in [0.15, 0.2) is 46.9 Å². The molecule has 0 saturated carbocycles. The van der Waals surface area contributed by atoms with Gasteiger partial charge in [0.1, 0.15) is 0 Å². The Hall–Kier alpha value is -1.28. The smallest absolute Gasteiger partial charge is 0.0489 e. The largest absolute Gasteiger partial charge is 0.378 e. The highest BCUT2D eigenvalue weighted by Crippen LogP contribution is 2.28. The van der Waals surface area contributed by atoms with Crippen molar-refractivity contribution in [3.8, 4) is 0 Å². The molecule has 0 heterocycles. The zero-order valence-electron chi connectivity index (χ0n) is 12.6. The fourth-order valence-electron chi connectivity index (χ4n) is 2.22. The van der Waals surface area contributed by atoms with Gasteiger partial charge in [0.25, 0.3) is 0 Å². The van der Waals surface area contributed by atoms with Gasteiger partial charge >= 0.3 is 0 Å². The van der Waals surface area contributed by atoms with Gasteiger partial charge in [0.15, 0.2) is 0 Å². The van der Waals surface area contributed by atoms with Crippen LogP contribution in [0.2, 0.25) is 0 Å². The fraction of sp³-hybridized carbons (Fsp3) is 0.333. The summed E-state index contributed by atoms with van der Waals surface area (Å²) >= 11 is 3.62. The average Bonchev–Trinajstić information content (AvgIpc) is 2.42. The van der Waals surface area contributed by atoms with E-state index in [9.17, 15) is 0 Å². The molecule has 0 spiro atoms. The molecule has 106 valence electrons. The van der Waals surface area contributed by atoms with Gasteiger partial charge in [-0.05, 0) is 64.5 Å². The van der Waals surface area contributed by atoms with E-state index in [0.29, 0.717) is 5.92 Å². The Morgan fingerprint density at radius 1 is 0.900 bits per heavy atom. The van der Waals surface area contributed by atoms with Gasteiger partial charge in [0.2, 0.25) is 0 Å². The molecule has 0 aliphatic carbocycles. The average molecular weight is 332 g/mol. The van der Waals surface area contributed by atoms with Crippen LogP contribution in [0.1, 0.15) is 49.4 Å². The number of hydrogen-bond acceptors (Lipinski definition) is 1. The Bertz CT molecular complexity index is 572. The van der Waals surface area contributed by atoms with E-state index < -0.39 is 0 Å². The molecule has 0 aromatic heterocycles. The Morgan fingerprint density at radius 2 is 1.50 bits per heavy atom. The van der Waals surface area contributed by atoms with Gasteiger partial charge in [0.05, 0.1) is 0 Å². The third-order valence-corrected chi connectivity index (χ3v) is 4.26. The van der Waals surface area contributed by atoms with Crippen molar-refractivity contribution in [2.45, 2.75) is 39.7 Å². The summed E-state index contributed by atoms with van der Waals surface area (Å²) in [5.41, 5.74) is 5.09. The van der Waals surface area contributed by atoms with Crippen molar-refractivity contribution < 1.29 is 0 Å². The predicted octanol–water partition coefficient (Wildman–Crippen LogP) is 6.05. The zero-order chi connectivity index (χ0) is 14.7. The highest BCUT2D eigenvalue weighted by molar-refractivity contribution is 9.10. The SMILES string of the molecule is Cc1ccc(NC(C)c2ccc(C(C)C)cc2)c(Br)c1. The summed E-state index contributed by atoms with van der Waals surface area (Å²) in [4.78, 5) is 0. The van der Waals surface area contributed by atoms with Crippen LogP contribution < -0.4 is 5.32 Å². The number of anilines is 1. The summed E-state index contributed by atoms with van der Waals surface area (Å²) in [6, 6.07) is 15.6. The molecule has 0 aliphatic rings. The van der Waals surface area contributed by atoms with Crippen molar-refractivity contribution in [3.05, 3.63) is 63.6 Å². The minimum absolute atomic E-state index is 0.287. The molecule has 20 heavy (non-hydrogen) atoms. The normalized spacial score (nSPS) is 12.5. The number of nitrogens with one attached hydrogen (secondary N) is 1. The lowest BCUT2D eigenvalue weighted by molar-refractivity contribution is 0.851. The second-order valence-electron chi connectivity index (χ2n) is 5.67. The summed E-state index contributed by atoms with van der Waals surface area (Å²) in [6.45, 7) is 8.74. The van der Waals surface area contributed by atoms with Crippen LogP contribution in [0, 0.1) is 6.92 Å². The molecular weight excluding hydrogens is 310 g/mol. The van der Waals surface area contributed by atoms with E-state index in [2.05, 4.69) is 91.4 Å². The van der Waals surface area contributed by atoms with Gasteiger partial charge in [-0.2, -0.15) is 0 Å². The van der Waals surface area contributed by atoms with E-state index in [1.54, 1.807) is 0 Å². The molecule has 2 rings (SSSR count). The highest BCUT2D eigenvalue weighted by Gasteiger charge is 2.08. The van der Waals surface area contributed by atoms with Gasteiger partial charge in [0, 0.05) is 16.2 Å². The van der Waals surface area contributed by atoms with Gasteiger partial charge in [-0.25, -0.2) is 0 Å². The zero-order valence-corrected chi connectivity index (χ0v) is 14.2. The van der Waals surface area contributed by atoms with E-state index in [4.69, 9.17) is 0 Å². The van der Waals surface area contributed by atoms with E-state index in [0.717, 1.165) is 10.2 Å². The molecule has 0 saturated heterocycles. The van der Waals surface area contributed by atoms with Crippen LogP contribution in [0.4, 0.5) is 5.69 Å². The van der Waals surface area contributed by atoms with Gasteiger partial charge < -0.3 is 5.32 Å². The van der Waals surface area contributed by atoms with Crippen molar-refractivity contribution in [2.24, 2.45) is 0 Å². The number of aryl methyl sites for hydroxylation is 1. The molecule has 0 amide bonds. The molecule has 1 N–H and O–H groups in total. The minimum atomic E-state index is 0.287. The molecule has 2 heteroatoms. The number of hydrogen-bond donors (Lipinski definition) is 1. The summed E-state index contributed by atoms with van der Waals surface area (Å²) in [5, 5.41) is 3.56. The highest BCUT2D eigenvalue weighted by atomic mass is 79.9. The summed E-state index contributed by atoms with van der Waals surface area (Å²) in [5.74, 6) is 0.582. The second kappa shape index (κ2) is 6.45. The fourth-order valence-corrected chi connectivity index (χ4v) is 2.83. The molecule has 0 aliphatic heterocycles. The third-order valence-electron chi connectivity index (χ3n) is 3.60. The number of benzene rings is 2. The maximum absolute atomic E-state index is 3.62. The number of rotatable bonds is 4. The summed E-state index contributed by atoms with van der Waals surface area (Å²) in [6.07, 6.45) is 0. The number of halogens is 1. The third kappa shape index (κ3) is 3.63. The van der Waals surface area contributed by atoms with Gasteiger partial charge in [-0.3, -0.25) is 0 Å². The van der Waals surface area contributed by atoms with Crippen LogP contribution in [-0.4, -0.2) is 0 Å². The lowest BCUT2D eigenvalue weighted by Crippen LogP contribution is -2.07. The van der Waals surface area contributed by atoms with Crippen LogP contribution in [-0.2, 0) is 0 Å². The van der Waals surface area contributed by atoms with Gasteiger partial charge in [-0.1, -0.05) is 44.2 Å². The van der Waals surface area contributed by atoms with Crippen molar-refractivity contribution in [1.82, 2.24) is 0 Å². The maximum atomic E-state index is 3.62. The Kier molecular flexibility index (Phi) is 4.87. The van der Waals surface area contributed by atoms with E-state index >= 15 is 0 Å². The Morgan fingerprint density at radius 3 is 2.05 bits per heavy atom. The summed E-state index contributed by atoms with van der Waals surface area (Å²) in [7, 11) is 0. The van der Waals surface area contributed by atoms with Crippen LogP contribution in [0.3, 0.4) is 0 Å². The molecular formula is C18H22BrN. The molecule has 0 bridgehead atoms. The molecule has 1 unspecified atom stereocenters. The minimum Gasteiger partial charge on any atom is -0.378 e. The lowest BCUT2D eigenvalue weighted by atomic mass is 9.99. The maximum Gasteiger partial charge on any atom is 0.0489 e. The molecule has 0 fully saturated rings. The first kappa shape index (κ1) is 15.1. The van der Waals surface area contributed by atoms with Crippen molar-refractivity contribution >= 4 is 21.6 Å². The van der Waals surface area contributed by atoms with E-state index in [1.807, 2.05) is 0 Å². The van der Waals surface area contributed by atoms with Crippen LogP contribution in [0.25, 0.3) is 0 Å². The molecule has 2 aromatic carbocycles. The van der Waals surface area contributed by atoms with E-state index in [-0.39, 0.29) is 6.04 Å². The molecule has 1 nitrogen and oxygen atoms in total. The first-order valence-electron chi connectivity index (χ1n) is 7.10. The topological polar surface area (TPSA) is 12.0 Å². The van der Waals surface area contributed by atoms with Crippen molar-refractivity contribution in [3.63, 3.8) is 0 Å². The molecule has 0 radical (unpaired) electrons. The van der Waals surface area contributed by atoms with Crippen molar-refractivity contribution in [2.75, 3.05) is 5.32 Å². The standard InChI is InChI=1S/C18H22BrN/c1-12(2)15-6-8-16(9-7-15)14(4)20-18-10-5-13(3)11-17(18)19/h5-12,14,20H,1-4H3. The first-order chi connectivity index (χ1) is 9.47. The quantitative estimate of drug-likeness (QED) is 0.718. The van der Waals surface area contributed by atoms with Crippen molar-refractivity contribution in [1.29, 1.82) is 0 Å². The second-order valence-corrected chi connectivity index (χ2v) is 6.53. The van der Waals surface area contributed by atoms with Crippen LogP contribution in [0.5, 0.6) is 0 Å². The van der Waals surface area contributed by atoms with Gasteiger partial charge in [-0.15, -0.1) is 0 Å². The first-order valence-corrected chi connectivity index (χ1v) is 7.89. The molecule has 2 aromatic rings.